The third-order valence-corrected chi connectivity index (χ3v) is 7.75. The van der Waals surface area contributed by atoms with E-state index in [0.717, 1.165) is 28.2 Å². The molecule has 4 aromatic heterocycles. The molecule has 7 rings (SSSR count). The van der Waals surface area contributed by atoms with Crippen LogP contribution in [0.15, 0.2) is 67.5 Å². The van der Waals surface area contributed by atoms with E-state index in [-0.39, 0.29) is 11.9 Å². The van der Waals surface area contributed by atoms with E-state index in [1.54, 1.807) is 16.8 Å². The van der Waals surface area contributed by atoms with Crippen LogP contribution in [0.2, 0.25) is 0 Å². The van der Waals surface area contributed by atoms with Gasteiger partial charge >= 0.3 is 0 Å². The molecule has 2 aliphatic heterocycles. The van der Waals surface area contributed by atoms with Crippen molar-refractivity contribution in [3.8, 4) is 17.2 Å². The van der Waals surface area contributed by atoms with Crippen LogP contribution in [0.3, 0.4) is 0 Å². The number of fused-ring (bicyclic) bond motifs is 7. The summed E-state index contributed by atoms with van der Waals surface area (Å²) in [6.07, 6.45) is 10.1. The van der Waals surface area contributed by atoms with Crippen molar-refractivity contribution in [1.29, 1.82) is 0 Å². The van der Waals surface area contributed by atoms with E-state index in [1.807, 2.05) is 73.4 Å². The Balaban J connectivity index is 1.13. The van der Waals surface area contributed by atoms with E-state index in [0.29, 0.717) is 61.3 Å². The smallest absolute Gasteiger partial charge is 0.246 e. The molecule has 0 saturated carbocycles. The van der Waals surface area contributed by atoms with Crippen molar-refractivity contribution >= 4 is 39.8 Å². The fourth-order valence-corrected chi connectivity index (χ4v) is 5.56. The number of rotatable bonds is 7. The van der Waals surface area contributed by atoms with E-state index in [1.165, 1.54) is 12.7 Å². The molecule has 0 unspecified atom stereocenters. The highest BCUT2D eigenvalue weighted by molar-refractivity contribution is 5.98. The van der Waals surface area contributed by atoms with Crippen LogP contribution >= 0.6 is 0 Å². The first-order chi connectivity index (χ1) is 21.4. The maximum absolute atomic E-state index is 13.0. The minimum Gasteiger partial charge on any atom is -0.487 e. The van der Waals surface area contributed by atoms with E-state index >= 15 is 0 Å². The molecule has 0 spiro atoms. The SMILES string of the molecule is Cc1cc(Nc2ncnc3cnc4c(c23)OC[C@H]2CN4CCN2C(=O)/C=C/CN(C)C)ccc1Oc1ccn2ncnc2c1. The molecule has 6 heterocycles. The van der Waals surface area contributed by atoms with Crippen LogP contribution in [-0.4, -0.2) is 98.2 Å². The Morgan fingerprint density at radius 2 is 2.05 bits per heavy atom. The second kappa shape index (κ2) is 11.4. The quantitative estimate of drug-likeness (QED) is 0.279. The number of carbonyl (C=O) groups is 1. The van der Waals surface area contributed by atoms with Crippen molar-refractivity contribution in [3.05, 3.63) is 73.1 Å². The van der Waals surface area contributed by atoms with Crippen molar-refractivity contribution in [1.82, 2.24) is 39.3 Å². The van der Waals surface area contributed by atoms with Crippen LogP contribution in [0.25, 0.3) is 16.6 Å². The second-order valence-electron chi connectivity index (χ2n) is 11.1. The molecule has 1 amide bonds. The van der Waals surface area contributed by atoms with Gasteiger partial charge in [0.1, 0.15) is 36.6 Å². The number of hydrogen-bond donors (Lipinski definition) is 1. The molecular weight excluding hydrogens is 560 g/mol. The van der Waals surface area contributed by atoms with Gasteiger partial charge in [0, 0.05) is 50.2 Å². The summed E-state index contributed by atoms with van der Waals surface area (Å²) in [6, 6.07) is 9.45. The fraction of sp³-hybridized carbons (Fsp3) is 0.290. The standard InChI is InChI=1S/C31H32N10O3/c1-20-13-21(6-7-25(20)44-23-8-10-41-26(14-23)34-19-36-41)37-30-28-24(33-18-35-30)15-32-31-29(28)43-17-22-16-39(31)11-12-40(22)27(42)5-4-9-38(2)3/h4-8,10,13-15,18-19,22H,9,11-12,16-17H2,1-3H3,(H,33,35,37)/b5-4+/t22-/m1/s1. The minimum atomic E-state index is -0.105. The van der Waals surface area contributed by atoms with Crippen LogP contribution in [0.1, 0.15) is 5.56 Å². The second-order valence-corrected chi connectivity index (χ2v) is 11.1. The predicted molar refractivity (Wildman–Crippen MR) is 166 cm³/mol. The molecule has 2 aliphatic rings. The summed E-state index contributed by atoms with van der Waals surface area (Å²) in [6.45, 7) is 4.93. The number of carbonyl (C=O) groups excluding carboxylic acids is 1. The third kappa shape index (κ3) is 5.33. The van der Waals surface area contributed by atoms with Gasteiger partial charge < -0.3 is 29.5 Å². The number of amides is 1. The third-order valence-electron chi connectivity index (χ3n) is 7.75. The topological polar surface area (TPSA) is 126 Å². The average Bonchev–Trinajstić information content (AvgIpc) is 3.43. The Morgan fingerprint density at radius 3 is 2.91 bits per heavy atom. The van der Waals surface area contributed by atoms with Crippen LogP contribution in [0.4, 0.5) is 17.3 Å². The van der Waals surface area contributed by atoms with Gasteiger partial charge in [-0.25, -0.2) is 24.5 Å². The van der Waals surface area contributed by atoms with Gasteiger partial charge in [0.15, 0.2) is 17.2 Å². The summed E-state index contributed by atoms with van der Waals surface area (Å²) < 4.78 is 14.3. The van der Waals surface area contributed by atoms with Crippen molar-refractivity contribution in [3.63, 3.8) is 0 Å². The Hall–Kier alpha value is -5.30. The molecule has 1 atom stereocenters. The lowest BCUT2D eigenvalue weighted by Crippen LogP contribution is -2.56. The van der Waals surface area contributed by atoms with Gasteiger partial charge in [-0.05, 0) is 50.8 Å². The van der Waals surface area contributed by atoms with Crippen molar-refractivity contribution in [2.45, 2.75) is 13.0 Å². The van der Waals surface area contributed by atoms with E-state index in [4.69, 9.17) is 14.5 Å². The Kier molecular flexibility index (Phi) is 7.14. The van der Waals surface area contributed by atoms with Gasteiger partial charge in [-0.2, -0.15) is 5.10 Å². The summed E-state index contributed by atoms with van der Waals surface area (Å²) in [7, 11) is 3.95. The first-order valence-electron chi connectivity index (χ1n) is 14.4. The van der Waals surface area contributed by atoms with Gasteiger partial charge in [-0.1, -0.05) is 6.08 Å². The van der Waals surface area contributed by atoms with Gasteiger partial charge in [-0.15, -0.1) is 0 Å². The first kappa shape index (κ1) is 27.5. The summed E-state index contributed by atoms with van der Waals surface area (Å²) in [5, 5.41) is 8.33. The van der Waals surface area contributed by atoms with Crippen LogP contribution in [0, 0.1) is 6.92 Å². The lowest BCUT2D eigenvalue weighted by atomic mass is 10.1. The molecule has 5 aromatic rings. The molecule has 13 nitrogen and oxygen atoms in total. The maximum Gasteiger partial charge on any atom is 0.246 e. The molecule has 0 aliphatic carbocycles. The summed E-state index contributed by atoms with van der Waals surface area (Å²) in [5.41, 5.74) is 3.15. The maximum atomic E-state index is 13.0. The van der Waals surface area contributed by atoms with Gasteiger partial charge in [0.05, 0.1) is 23.1 Å². The number of aryl methyl sites for hydroxylation is 1. The molecule has 1 N–H and O–H groups in total. The normalized spacial score (nSPS) is 16.3. The molecule has 1 aromatic carbocycles. The van der Waals surface area contributed by atoms with Crippen LogP contribution < -0.4 is 19.7 Å². The van der Waals surface area contributed by atoms with Crippen molar-refractivity contribution in [2.75, 3.05) is 57.1 Å². The molecule has 13 heteroatoms. The number of benzene rings is 1. The zero-order chi connectivity index (χ0) is 30.2. The van der Waals surface area contributed by atoms with Gasteiger partial charge in [0.2, 0.25) is 5.91 Å². The minimum absolute atomic E-state index is 0.00330. The molecule has 44 heavy (non-hydrogen) atoms. The van der Waals surface area contributed by atoms with E-state index in [2.05, 4.69) is 30.3 Å². The Morgan fingerprint density at radius 1 is 1.14 bits per heavy atom. The highest BCUT2D eigenvalue weighted by Gasteiger charge is 2.35. The summed E-state index contributed by atoms with van der Waals surface area (Å²) >= 11 is 0. The largest absolute Gasteiger partial charge is 0.487 e. The number of pyridine rings is 2. The number of hydrogen-bond acceptors (Lipinski definition) is 11. The van der Waals surface area contributed by atoms with Gasteiger partial charge in [0.25, 0.3) is 0 Å². The van der Waals surface area contributed by atoms with Crippen molar-refractivity contribution in [2.24, 2.45) is 0 Å². The molecule has 224 valence electrons. The molecular formula is C31H32N10O3. The van der Waals surface area contributed by atoms with E-state index < -0.39 is 0 Å². The predicted octanol–water partition coefficient (Wildman–Crippen LogP) is 3.44. The number of nitrogens with zero attached hydrogens (tertiary/aromatic N) is 9. The zero-order valence-corrected chi connectivity index (χ0v) is 24.7. The highest BCUT2D eigenvalue weighted by Crippen LogP contribution is 2.40. The average molecular weight is 593 g/mol. The fourth-order valence-electron chi connectivity index (χ4n) is 5.56. The van der Waals surface area contributed by atoms with E-state index in [9.17, 15) is 4.79 Å². The zero-order valence-electron chi connectivity index (χ0n) is 24.7. The Bertz CT molecular complexity index is 1890. The number of anilines is 3. The van der Waals surface area contributed by atoms with Gasteiger partial charge in [-0.3, -0.25) is 4.79 Å². The Labute approximate surface area is 253 Å². The first-order valence-corrected chi connectivity index (χ1v) is 14.4. The number of likely N-dealkylation sites (N-methyl/N-ethyl adjacent to an activating group) is 1. The number of ether oxygens (including phenoxy) is 2. The van der Waals surface area contributed by atoms with Crippen LogP contribution in [0.5, 0.6) is 17.2 Å². The number of nitrogens with one attached hydrogen (secondary N) is 1. The van der Waals surface area contributed by atoms with Crippen LogP contribution in [-0.2, 0) is 4.79 Å². The lowest BCUT2D eigenvalue weighted by molar-refractivity contribution is -0.129. The lowest BCUT2D eigenvalue weighted by Gasteiger charge is -2.39. The molecule has 0 radical (unpaired) electrons. The summed E-state index contributed by atoms with van der Waals surface area (Å²) in [4.78, 5) is 37.1. The highest BCUT2D eigenvalue weighted by atomic mass is 16.5. The number of aromatic nitrogens is 6. The molecule has 1 saturated heterocycles. The number of piperazine rings is 1. The summed E-state index contributed by atoms with van der Waals surface area (Å²) in [5.74, 6) is 3.36. The molecule has 2 bridgehead atoms. The molecule has 1 fully saturated rings. The van der Waals surface area contributed by atoms with Crippen molar-refractivity contribution < 1.29 is 14.3 Å². The monoisotopic (exact) mass is 592 g/mol.